The van der Waals surface area contributed by atoms with E-state index in [4.69, 9.17) is 0 Å². The zero-order chi connectivity index (χ0) is 14.2. The lowest BCUT2D eigenvalue weighted by Gasteiger charge is -2.05. The van der Waals surface area contributed by atoms with Crippen LogP contribution in [0.5, 0.6) is 0 Å². The van der Waals surface area contributed by atoms with Crippen LogP contribution in [0.25, 0.3) is 0 Å². The second kappa shape index (κ2) is 4.78. The zero-order valence-electron chi connectivity index (χ0n) is 11.8. The molecular formula is C18H19NO. The molecule has 2 nitrogen and oxygen atoms in total. The fourth-order valence-electron chi connectivity index (χ4n) is 3.15. The zero-order valence-corrected chi connectivity index (χ0v) is 11.8. The van der Waals surface area contributed by atoms with Gasteiger partial charge in [-0.05, 0) is 23.1 Å². The highest BCUT2D eigenvalue weighted by Gasteiger charge is 2.62. The van der Waals surface area contributed by atoms with Crippen LogP contribution in [0, 0.1) is 11.3 Å². The fraction of sp³-hybridized carbons (Fsp3) is 0.278. The molecular weight excluding hydrogens is 246 g/mol. The van der Waals surface area contributed by atoms with E-state index in [9.17, 15) is 4.79 Å². The third-order valence-corrected chi connectivity index (χ3v) is 4.31. The predicted octanol–water partition coefficient (Wildman–Crippen LogP) is 4.06. The molecule has 1 fully saturated rings. The summed E-state index contributed by atoms with van der Waals surface area (Å²) in [5, 5.41) is 3.02. The minimum atomic E-state index is 0.0280. The molecule has 1 aliphatic carbocycles. The van der Waals surface area contributed by atoms with Gasteiger partial charge in [-0.2, -0.15) is 0 Å². The Kier molecular flexibility index (Phi) is 3.09. The SMILES string of the molecule is CC1(C)[C@@H](C(=O)Nc2ccccc2)[C@@H]1c1ccccc1. The Hall–Kier alpha value is -2.09. The van der Waals surface area contributed by atoms with E-state index < -0.39 is 0 Å². The molecule has 0 aromatic heterocycles. The monoisotopic (exact) mass is 265 g/mol. The van der Waals surface area contributed by atoms with Gasteiger partial charge in [0.2, 0.25) is 5.91 Å². The van der Waals surface area contributed by atoms with Crippen molar-refractivity contribution in [1.82, 2.24) is 0 Å². The highest BCUT2D eigenvalue weighted by molar-refractivity contribution is 5.96. The summed E-state index contributed by atoms with van der Waals surface area (Å²) in [5.74, 6) is 0.479. The standard InChI is InChI=1S/C18H19NO/c1-18(2)15(13-9-5-3-6-10-13)16(18)17(20)19-14-11-7-4-8-12-14/h3-12,15-16H,1-2H3,(H,19,20)/t15-,16+/m0/s1. The molecule has 1 N–H and O–H groups in total. The van der Waals surface area contributed by atoms with Crippen molar-refractivity contribution >= 4 is 11.6 Å². The van der Waals surface area contributed by atoms with Crippen LogP contribution in [0.4, 0.5) is 5.69 Å². The molecule has 3 rings (SSSR count). The summed E-state index contributed by atoms with van der Waals surface area (Å²) >= 11 is 0. The van der Waals surface area contributed by atoms with Gasteiger partial charge in [0.15, 0.2) is 0 Å². The highest BCUT2D eigenvalue weighted by Crippen LogP contribution is 2.64. The maximum atomic E-state index is 12.5. The minimum Gasteiger partial charge on any atom is -0.326 e. The average Bonchev–Trinajstić information content (AvgIpc) is 3.04. The van der Waals surface area contributed by atoms with Crippen molar-refractivity contribution in [2.45, 2.75) is 19.8 Å². The first-order valence-electron chi connectivity index (χ1n) is 7.01. The lowest BCUT2D eigenvalue weighted by molar-refractivity contribution is -0.118. The predicted molar refractivity (Wildman–Crippen MR) is 81.5 cm³/mol. The van der Waals surface area contributed by atoms with Gasteiger partial charge in [-0.3, -0.25) is 4.79 Å². The highest BCUT2D eigenvalue weighted by atomic mass is 16.2. The van der Waals surface area contributed by atoms with Crippen molar-refractivity contribution < 1.29 is 4.79 Å². The van der Waals surface area contributed by atoms with Gasteiger partial charge in [-0.15, -0.1) is 0 Å². The lowest BCUT2D eigenvalue weighted by Crippen LogP contribution is -2.16. The summed E-state index contributed by atoms with van der Waals surface area (Å²) in [4.78, 5) is 12.5. The molecule has 2 aromatic rings. The maximum absolute atomic E-state index is 12.5. The van der Waals surface area contributed by atoms with Crippen LogP contribution in [0.15, 0.2) is 60.7 Å². The van der Waals surface area contributed by atoms with Gasteiger partial charge < -0.3 is 5.32 Å². The molecule has 2 atom stereocenters. The maximum Gasteiger partial charge on any atom is 0.228 e. The fourth-order valence-corrected chi connectivity index (χ4v) is 3.15. The van der Waals surface area contributed by atoms with Gasteiger partial charge >= 0.3 is 0 Å². The van der Waals surface area contributed by atoms with Gasteiger partial charge in [0.25, 0.3) is 0 Å². The first-order chi connectivity index (χ1) is 9.60. The number of hydrogen-bond donors (Lipinski definition) is 1. The van der Waals surface area contributed by atoms with E-state index in [2.05, 4.69) is 31.3 Å². The van der Waals surface area contributed by atoms with E-state index in [1.165, 1.54) is 5.56 Å². The van der Waals surface area contributed by atoms with Crippen molar-refractivity contribution in [2.24, 2.45) is 11.3 Å². The second-order valence-corrected chi connectivity index (χ2v) is 6.04. The summed E-state index contributed by atoms with van der Waals surface area (Å²) in [7, 11) is 0. The molecule has 0 aliphatic heterocycles. The number of amides is 1. The van der Waals surface area contributed by atoms with Crippen molar-refractivity contribution in [3.8, 4) is 0 Å². The quantitative estimate of drug-likeness (QED) is 0.890. The average molecular weight is 265 g/mol. The van der Waals surface area contributed by atoms with Crippen molar-refractivity contribution in [2.75, 3.05) is 5.32 Å². The molecule has 0 bridgehead atoms. The Bertz CT molecular complexity index is 604. The Morgan fingerprint density at radius 2 is 1.50 bits per heavy atom. The van der Waals surface area contributed by atoms with Crippen LogP contribution < -0.4 is 5.32 Å². The number of anilines is 1. The van der Waals surface area contributed by atoms with Gasteiger partial charge in [0, 0.05) is 11.6 Å². The van der Waals surface area contributed by atoms with Crippen LogP contribution in [0.3, 0.4) is 0 Å². The number of nitrogens with one attached hydrogen (secondary N) is 1. The molecule has 1 aliphatic rings. The van der Waals surface area contributed by atoms with Gasteiger partial charge in [0.05, 0.1) is 5.92 Å². The number of para-hydroxylation sites is 1. The summed E-state index contributed by atoms with van der Waals surface area (Å²) in [6.07, 6.45) is 0. The van der Waals surface area contributed by atoms with Crippen LogP contribution in [0.1, 0.15) is 25.3 Å². The summed E-state index contributed by atoms with van der Waals surface area (Å²) in [5.41, 5.74) is 2.15. The van der Waals surface area contributed by atoms with Crippen LogP contribution in [-0.2, 0) is 4.79 Å². The molecule has 0 unspecified atom stereocenters. The van der Waals surface area contributed by atoms with Gasteiger partial charge in [0.1, 0.15) is 0 Å². The molecule has 0 saturated heterocycles. The second-order valence-electron chi connectivity index (χ2n) is 6.04. The Morgan fingerprint density at radius 1 is 0.950 bits per heavy atom. The molecule has 2 aromatic carbocycles. The number of benzene rings is 2. The van der Waals surface area contributed by atoms with Crippen LogP contribution >= 0.6 is 0 Å². The third kappa shape index (κ3) is 2.22. The number of carbonyl (C=O) groups is 1. The summed E-state index contributed by atoms with van der Waals surface area (Å²) < 4.78 is 0. The summed E-state index contributed by atoms with van der Waals surface area (Å²) in [6, 6.07) is 20.0. The Balaban J connectivity index is 1.76. The molecule has 0 spiro atoms. The molecule has 0 radical (unpaired) electrons. The van der Waals surface area contributed by atoms with Crippen LogP contribution in [0.2, 0.25) is 0 Å². The first kappa shape index (κ1) is 12.9. The van der Waals surface area contributed by atoms with E-state index in [0.29, 0.717) is 5.92 Å². The minimum absolute atomic E-state index is 0.0280. The van der Waals surface area contributed by atoms with E-state index >= 15 is 0 Å². The topological polar surface area (TPSA) is 29.1 Å². The molecule has 0 heterocycles. The molecule has 102 valence electrons. The third-order valence-electron chi connectivity index (χ3n) is 4.31. The van der Waals surface area contributed by atoms with Crippen molar-refractivity contribution in [1.29, 1.82) is 0 Å². The smallest absolute Gasteiger partial charge is 0.228 e. The number of rotatable bonds is 3. The largest absolute Gasteiger partial charge is 0.326 e. The van der Waals surface area contributed by atoms with E-state index in [0.717, 1.165) is 5.69 Å². The molecule has 1 amide bonds. The Morgan fingerprint density at radius 3 is 2.10 bits per heavy atom. The molecule has 20 heavy (non-hydrogen) atoms. The summed E-state index contributed by atoms with van der Waals surface area (Å²) in [6.45, 7) is 4.33. The van der Waals surface area contributed by atoms with Gasteiger partial charge in [-0.1, -0.05) is 62.4 Å². The lowest BCUT2D eigenvalue weighted by atomic mass is 10.0. The van der Waals surface area contributed by atoms with E-state index in [1.54, 1.807) is 0 Å². The normalized spacial score (nSPS) is 23.1. The van der Waals surface area contributed by atoms with Crippen molar-refractivity contribution in [3.05, 3.63) is 66.2 Å². The molecule has 1 saturated carbocycles. The van der Waals surface area contributed by atoms with Gasteiger partial charge in [-0.25, -0.2) is 0 Å². The Labute approximate surface area is 119 Å². The molecule has 2 heteroatoms. The van der Waals surface area contributed by atoms with Crippen LogP contribution in [-0.4, -0.2) is 5.91 Å². The van der Waals surface area contributed by atoms with E-state index in [1.807, 2.05) is 48.5 Å². The van der Waals surface area contributed by atoms with Crippen molar-refractivity contribution in [3.63, 3.8) is 0 Å². The number of hydrogen-bond acceptors (Lipinski definition) is 1. The number of carbonyl (C=O) groups excluding carboxylic acids is 1. The van der Waals surface area contributed by atoms with E-state index in [-0.39, 0.29) is 17.2 Å². The first-order valence-corrected chi connectivity index (χ1v) is 7.01.